The van der Waals surface area contributed by atoms with Gasteiger partial charge in [-0.25, -0.2) is 9.97 Å². The average molecular weight is 461 g/mol. The number of anilines is 2. The largest absolute Gasteiger partial charge is 0.376 e. The number of fused-ring (bicyclic) bond motifs is 1. The molecule has 166 valence electrons. The smallest absolute Gasteiger partial charge is 0.228 e. The number of ether oxygens (including phenoxy) is 1. The minimum atomic E-state index is -0.156. The van der Waals surface area contributed by atoms with E-state index in [4.69, 9.17) is 16.3 Å². The standard InChI is InChI=1S/C23H21ClN8O/c1-31-20(8-11-26-31)28-23-25-10-7-18(27-23)16-9-12-32-21(13-16)29-30-22(32)14-19(33-2)15-3-5-17(24)6-4-15/h3-13,19H,14H2,1-2H3,(H,25,27,28)/t19-/m0/s1. The number of nitrogens with zero attached hydrogens (tertiary/aromatic N) is 7. The van der Waals surface area contributed by atoms with Crippen molar-refractivity contribution in [3.8, 4) is 11.3 Å². The van der Waals surface area contributed by atoms with Gasteiger partial charge in [-0.15, -0.1) is 10.2 Å². The van der Waals surface area contributed by atoms with Crippen LogP contribution < -0.4 is 5.32 Å². The molecule has 0 radical (unpaired) electrons. The zero-order valence-electron chi connectivity index (χ0n) is 18.1. The maximum atomic E-state index is 6.01. The molecule has 1 N–H and O–H groups in total. The predicted octanol–water partition coefficient (Wildman–Crippen LogP) is 4.25. The summed E-state index contributed by atoms with van der Waals surface area (Å²) in [6.07, 6.45) is 5.80. The van der Waals surface area contributed by atoms with E-state index in [1.165, 1.54) is 0 Å². The van der Waals surface area contributed by atoms with E-state index in [1.54, 1.807) is 24.2 Å². The molecule has 5 rings (SSSR count). The number of halogens is 1. The fourth-order valence-corrected chi connectivity index (χ4v) is 3.74. The zero-order valence-corrected chi connectivity index (χ0v) is 18.8. The third-order valence-electron chi connectivity index (χ3n) is 5.39. The molecule has 4 aromatic heterocycles. The Morgan fingerprint density at radius 2 is 1.91 bits per heavy atom. The topological polar surface area (TPSA) is 95.0 Å². The van der Waals surface area contributed by atoms with Crippen LogP contribution in [0.4, 0.5) is 11.8 Å². The summed E-state index contributed by atoms with van der Waals surface area (Å²) < 4.78 is 9.38. The summed E-state index contributed by atoms with van der Waals surface area (Å²) in [5, 5.41) is 16.8. The van der Waals surface area contributed by atoms with Gasteiger partial charge in [-0.2, -0.15) is 5.10 Å². The minimum Gasteiger partial charge on any atom is -0.376 e. The van der Waals surface area contributed by atoms with Crippen molar-refractivity contribution in [1.82, 2.24) is 34.3 Å². The van der Waals surface area contributed by atoms with E-state index in [1.807, 2.05) is 66.2 Å². The lowest BCUT2D eigenvalue weighted by Gasteiger charge is -2.15. The number of benzene rings is 1. The van der Waals surface area contributed by atoms with Gasteiger partial charge in [-0.1, -0.05) is 23.7 Å². The van der Waals surface area contributed by atoms with Crippen LogP contribution in [0, 0.1) is 0 Å². The van der Waals surface area contributed by atoms with Crippen LogP contribution in [-0.4, -0.2) is 41.5 Å². The molecule has 0 bridgehead atoms. The van der Waals surface area contributed by atoms with E-state index in [-0.39, 0.29) is 6.10 Å². The lowest BCUT2D eigenvalue weighted by molar-refractivity contribution is 0.102. The second kappa shape index (κ2) is 8.97. The molecule has 0 unspecified atom stereocenters. The first-order valence-electron chi connectivity index (χ1n) is 10.3. The summed E-state index contributed by atoms with van der Waals surface area (Å²) in [6, 6.07) is 15.3. The summed E-state index contributed by atoms with van der Waals surface area (Å²) in [5.74, 6) is 2.10. The van der Waals surface area contributed by atoms with Gasteiger partial charge in [0.2, 0.25) is 5.95 Å². The van der Waals surface area contributed by atoms with Crippen LogP contribution in [-0.2, 0) is 18.2 Å². The number of hydrogen-bond acceptors (Lipinski definition) is 7. The Kier molecular flexibility index (Phi) is 5.72. The number of pyridine rings is 1. The van der Waals surface area contributed by atoms with Gasteiger partial charge < -0.3 is 10.1 Å². The highest BCUT2D eigenvalue weighted by Gasteiger charge is 2.16. The van der Waals surface area contributed by atoms with Crippen molar-refractivity contribution in [1.29, 1.82) is 0 Å². The highest BCUT2D eigenvalue weighted by Crippen LogP contribution is 2.25. The molecule has 0 saturated heterocycles. The number of aryl methyl sites for hydroxylation is 1. The molecule has 33 heavy (non-hydrogen) atoms. The van der Waals surface area contributed by atoms with Crippen LogP contribution in [0.2, 0.25) is 5.02 Å². The highest BCUT2D eigenvalue weighted by molar-refractivity contribution is 6.30. The van der Waals surface area contributed by atoms with Gasteiger partial charge in [0.05, 0.1) is 18.0 Å². The Hall–Kier alpha value is -3.82. The molecule has 1 aromatic carbocycles. The molecule has 1 atom stereocenters. The maximum Gasteiger partial charge on any atom is 0.228 e. The quantitative estimate of drug-likeness (QED) is 0.388. The monoisotopic (exact) mass is 460 g/mol. The molecule has 0 saturated carbocycles. The number of rotatable bonds is 7. The van der Waals surface area contributed by atoms with Gasteiger partial charge in [-0.05, 0) is 35.9 Å². The molecule has 9 nitrogen and oxygen atoms in total. The summed E-state index contributed by atoms with van der Waals surface area (Å²) >= 11 is 6.01. The Morgan fingerprint density at radius 1 is 1.06 bits per heavy atom. The van der Waals surface area contributed by atoms with Gasteiger partial charge in [0.1, 0.15) is 11.6 Å². The van der Waals surface area contributed by atoms with E-state index in [9.17, 15) is 0 Å². The van der Waals surface area contributed by atoms with Crippen molar-refractivity contribution in [2.24, 2.45) is 7.05 Å². The minimum absolute atomic E-state index is 0.156. The number of nitrogens with one attached hydrogen (secondary N) is 1. The van der Waals surface area contributed by atoms with Gasteiger partial charge in [0.25, 0.3) is 0 Å². The van der Waals surface area contributed by atoms with Crippen molar-refractivity contribution >= 4 is 29.0 Å². The van der Waals surface area contributed by atoms with E-state index < -0.39 is 0 Å². The maximum absolute atomic E-state index is 6.01. The predicted molar refractivity (Wildman–Crippen MR) is 125 cm³/mol. The number of methoxy groups -OCH3 is 1. The molecule has 0 aliphatic heterocycles. The molecule has 5 aromatic rings. The molecule has 0 spiro atoms. The van der Waals surface area contributed by atoms with Crippen LogP contribution in [0.3, 0.4) is 0 Å². The first-order valence-corrected chi connectivity index (χ1v) is 10.7. The lowest BCUT2D eigenvalue weighted by atomic mass is 10.1. The second-order valence-corrected chi connectivity index (χ2v) is 7.91. The Balaban J connectivity index is 1.39. The Morgan fingerprint density at radius 3 is 2.67 bits per heavy atom. The van der Waals surface area contributed by atoms with Crippen LogP contribution in [0.1, 0.15) is 17.5 Å². The second-order valence-electron chi connectivity index (χ2n) is 7.47. The summed E-state index contributed by atoms with van der Waals surface area (Å²) in [4.78, 5) is 8.93. The fraction of sp³-hybridized carbons (Fsp3) is 0.174. The van der Waals surface area contributed by atoms with E-state index >= 15 is 0 Å². The molecule has 0 aliphatic carbocycles. The van der Waals surface area contributed by atoms with Crippen LogP contribution >= 0.6 is 11.6 Å². The van der Waals surface area contributed by atoms with E-state index in [2.05, 4.69) is 30.6 Å². The SMILES string of the molecule is CO[C@@H](Cc1nnc2cc(-c3ccnc(Nc4ccnn4C)n3)ccn12)c1ccc(Cl)cc1. The number of aromatic nitrogens is 7. The zero-order chi connectivity index (χ0) is 22.8. The molecule has 0 fully saturated rings. The van der Waals surface area contributed by atoms with Crippen molar-refractivity contribution < 1.29 is 4.74 Å². The Bertz CT molecular complexity index is 1400. The summed E-state index contributed by atoms with van der Waals surface area (Å²) in [5.41, 5.74) is 3.45. The number of hydrogen-bond donors (Lipinski definition) is 1. The van der Waals surface area contributed by atoms with Gasteiger partial charge in [0.15, 0.2) is 5.65 Å². The Labute approximate surface area is 195 Å². The normalized spacial score (nSPS) is 12.2. The molecular weight excluding hydrogens is 440 g/mol. The third-order valence-corrected chi connectivity index (χ3v) is 5.64. The molecular formula is C23H21ClN8O. The summed E-state index contributed by atoms with van der Waals surface area (Å²) in [6.45, 7) is 0. The lowest BCUT2D eigenvalue weighted by Crippen LogP contribution is -2.08. The van der Waals surface area contributed by atoms with Gasteiger partial charge >= 0.3 is 0 Å². The van der Waals surface area contributed by atoms with Crippen molar-refractivity contribution in [2.45, 2.75) is 12.5 Å². The van der Waals surface area contributed by atoms with E-state index in [0.29, 0.717) is 17.4 Å². The first kappa shape index (κ1) is 21.0. The first-order chi connectivity index (χ1) is 16.1. The average Bonchev–Trinajstić information content (AvgIpc) is 3.43. The summed E-state index contributed by atoms with van der Waals surface area (Å²) in [7, 11) is 3.54. The van der Waals surface area contributed by atoms with E-state index in [0.717, 1.165) is 34.1 Å². The van der Waals surface area contributed by atoms with Crippen LogP contribution in [0.5, 0.6) is 0 Å². The van der Waals surface area contributed by atoms with Crippen molar-refractivity contribution in [3.63, 3.8) is 0 Å². The molecule has 0 amide bonds. The molecule has 0 aliphatic rings. The van der Waals surface area contributed by atoms with Crippen molar-refractivity contribution in [2.75, 3.05) is 12.4 Å². The van der Waals surface area contributed by atoms with Crippen molar-refractivity contribution in [3.05, 3.63) is 83.5 Å². The van der Waals surface area contributed by atoms with Crippen LogP contribution in [0.15, 0.2) is 67.1 Å². The molecule has 4 heterocycles. The van der Waals surface area contributed by atoms with Crippen LogP contribution in [0.25, 0.3) is 16.9 Å². The highest BCUT2D eigenvalue weighted by atomic mass is 35.5. The van der Waals surface area contributed by atoms with Gasteiger partial charge in [-0.3, -0.25) is 9.08 Å². The van der Waals surface area contributed by atoms with Gasteiger partial charge in [0, 0.05) is 49.6 Å². The molecule has 10 heteroatoms. The fourth-order valence-electron chi connectivity index (χ4n) is 3.61. The third kappa shape index (κ3) is 4.41.